The molecule has 0 spiro atoms. The first-order valence-corrected chi connectivity index (χ1v) is 7.07. The first-order valence-electron chi connectivity index (χ1n) is 5.48. The smallest absolute Gasteiger partial charge is 0.0566 e. The summed E-state index contributed by atoms with van der Waals surface area (Å²) in [7, 11) is 0. The molecule has 2 rings (SSSR count). The summed E-state index contributed by atoms with van der Waals surface area (Å²) in [5.41, 5.74) is 1.15. The van der Waals surface area contributed by atoms with E-state index in [4.69, 9.17) is 4.74 Å². The molecule has 0 aromatic heterocycles. The summed E-state index contributed by atoms with van der Waals surface area (Å²) in [6, 6.07) is 6.69. The van der Waals surface area contributed by atoms with Gasteiger partial charge in [0.2, 0.25) is 0 Å². The maximum atomic E-state index is 5.54. The molecule has 1 aromatic carbocycles. The van der Waals surface area contributed by atoms with Gasteiger partial charge in [-0.2, -0.15) is 0 Å². The summed E-state index contributed by atoms with van der Waals surface area (Å²) in [5, 5.41) is 3.56. The van der Waals surface area contributed by atoms with Crippen molar-refractivity contribution < 1.29 is 4.74 Å². The van der Waals surface area contributed by atoms with Gasteiger partial charge in [0, 0.05) is 27.3 Å². The van der Waals surface area contributed by atoms with Crippen LogP contribution in [0, 0.1) is 0 Å². The van der Waals surface area contributed by atoms with Gasteiger partial charge in [-0.3, -0.25) is 0 Å². The van der Waals surface area contributed by atoms with Crippen molar-refractivity contribution in [1.82, 2.24) is 0 Å². The molecule has 4 heteroatoms. The van der Waals surface area contributed by atoms with Crippen molar-refractivity contribution in [2.45, 2.75) is 31.9 Å². The van der Waals surface area contributed by atoms with Crippen molar-refractivity contribution in [3.63, 3.8) is 0 Å². The Labute approximate surface area is 113 Å². The number of nitrogens with one attached hydrogen (secondary N) is 1. The lowest BCUT2D eigenvalue weighted by atomic mass is 10.0. The lowest BCUT2D eigenvalue weighted by molar-refractivity contribution is 0.0232. The first kappa shape index (κ1) is 12.4. The van der Waals surface area contributed by atoms with E-state index in [0.29, 0.717) is 12.1 Å². The Morgan fingerprint density at radius 1 is 1.38 bits per heavy atom. The monoisotopic (exact) mass is 347 g/mol. The standard InChI is InChI=1S/C12H15Br2NO/c1-8-6-10(4-5-16-8)15-12-7-9(13)2-3-11(12)14/h2-3,7-8,10,15H,4-6H2,1H3. The second-order valence-electron chi connectivity index (χ2n) is 4.17. The first-order chi connectivity index (χ1) is 7.65. The number of anilines is 1. The Morgan fingerprint density at radius 2 is 2.19 bits per heavy atom. The molecule has 1 fully saturated rings. The predicted molar refractivity (Wildman–Crippen MR) is 73.9 cm³/mol. The Kier molecular flexibility index (Phi) is 4.27. The van der Waals surface area contributed by atoms with Gasteiger partial charge in [0.15, 0.2) is 0 Å². The van der Waals surface area contributed by atoms with Crippen LogP contribution in [0.15, 0.2) is 27.1 Å². The maximum absolute atomic E-state index is 5.54. The Morgan fingerprint density at radius 3 is 2.94 bits per heavy atom. The lowest BCUT2D eigenvalue weighted by Gasteiger charge is -2.29. The largest absolute Gasteiger partial charge is 0.381 e. The number of ether oxygens (including phenoxy) is 1. The molecule has 88 valence electrons. The van der Waals surface area contributed by atoms with Gasteiger partial charge in [-0.05, 0) is 53.9 Å². The van der Waals surface area contributed by atoms with Gasteiger partial charge in [0.05, 0.1) is 6.10 Å². The van der Waals surface area contributed by atoms with Crippen molar-refractivity contribution in [2.24, 2.45) is 0 Å². The van der Waals surface area contributed by atoms with E-state index in [2.05, 4.69) is 56.2 Å². The molecule has 1 aliphatic heterocycles. The quantitative estimate of drug-likeness (QED) is 0.865. The zero-order chi connectivity index (χ0) is 11.5. The molecular weight excluding hydrogens is 334 g/mol. The molecule has 1 aliphatic rings. The van der Waals surface area contributed by atoms with Crippen molar-refractivity contribution in [3.05, 3.63) is 27.1 Å². The molecule has 1 heterocycles. The summed E-state index contributed by atoms with van der Waals surface area (Å²) >= 11 is 7.05. The second-order valence-corrected chi connectivity index (χ2v) is 5.94. The zero-order valence-electron chi connectivity index (χ0n) is 9.17. The average molecular weight is 349 g/mol. The average Bonchev–Trinajstić information content (AvgIpc) is 2.24. The zero-order valence-corrected chi connectivity index (χ0v) is 12.3. The third-order valence-electron chi connectivity index (χ3n) is 2.77. The fourth-order valence-electron chi connectivity index (χ4n) is 1.96. The van der Waals surface area contributed by atoms with E-state index in [0.717, 1.165) is 34.1 Å². The van der Waals surface area contributed by atoms with Gasteiger partial charge in [-0.1, -0.05) is 15.9 Å². The van der Waals surface area contributed by atoms with Crippen LogP contribution in [0.25, 0.3) is 0 Å². The van der Waals surface area contributed by atoms with Crippen LogP contribution in [0.5, 0.6) is 0 Å². The SMILES string of the molecule is CC1CC(Nc2cc(Br)ccc2Br)CCO1. The van der Waals surface area contributed by atoms with Gasteiger partial charge in [-0.25, -0.2) is 0 Å². The fraction of sp³-hybridized carbons (Fsp3) is 0.500. The molecule has 2 unspecified atom stereocenters. The third-order valence-corrected chi connectivity index (χ3v) is 3.96. The Balaban J connectivity index is 2.05. The number of halogens is 2. The summed E-state index contributed by atoms with van der Waals surface area (Å²) in [6.07, 6.45) is 2.50. The van der Waals surface area contributed by atoms with Gasteiger partial charge in [0.25, 0.3) is 0 Å². The van der Waals surface area contributed by atoms with E-state index in [-0.39, 0.29) is 0 Å². The molecule has 1 N–H and O–H groups in total. The molecule has 0 radical (unpaired) electrons. The molecule has 2 atom stereocenters. The van der Waals surface area contributed by atoms with Gasteiger partial charge in [0.1, 0.15) is 0 Å². The minimum atomic E-state index is 0.358. The molecule has 16 heavy (non-hydrogen) atoms. The second kappa shape index (κ2) is 5.52. The van der Waals surface area contributed by atoms with E-state index in [1.54, 1.807) is 0 Å². The molecule has 0 saturated carbocycles. The Bertz CT molecular complexity index is 370. The maximum Gasteiger partial charge on any atom is 0.0566 e. The number of hydrogen-bond acceptors (Lipinski definition) is 2. The highest BCUT2D eigenvalue weighted by Gasteiger charge is 2.19. The van der Waals surface area contributed by atoms with Crippen LogP contribution in [-0.2, 0) is 4.74 Å². The highest BCUT2D eigenvalue weighted by molar-refractivity contribution is 9.11. The van der Waals surface area contributed by atoms with Crippen molar-refractivity contribution in [1.29, 1.82) is 0 Å². The number of benzene rings is 1. The molecule has 0 amide bonds. The van der Waals surface area contributed by atoms with Gasteiger partial charge in [-0.15, -0.1) is 0 Å². The van der Waals surface area contributed by atoms with Crippen LogP contribution in [0.2, 0.25) is 0 Å². The van der Waals surface area contributed by atoms with Crippen LogP contribution in [0.3, 0.4) is 0 Å². The minimum Gasteiger partial charge on any atom is -0.381 e. The van der Waals surface area contributed by atoms with E-state index < -0.39 is 0 Å². The van der Waals surface area contributed by atoms with Crippen LogP contribution in [-0.4, -0.2) is 18.8 Å². The summed E-state index contributed by atoms with van der Waals surface area (Å²) in [4.78, 5) is 0. The fourth-order valence-corrected chi connectivity index (χ4v) is 2.68. The van der Waals surface area contributed by atoms with Gasteiger partial charge < -0.3 is 10.1 Å². The van der Waals surface area contributed by atoms with Crippen molar-refractivity contribution in [3.8, 4) is 0 Å². The normalized spacial score (nSPS) is 25.4. The molecule has 1 aromatic rings. The predicted octanol–water partition coefficient (Wildman–Crippen LogP) is 4.19. The van der Waals surface area contributed by atoms with Crippen LogP contribution >= 0.6 is 31.9 Å². The summed E-state index contributed by atoms with van der Waals surface area (Å²) < 4.78 is 7.74. The van der Waals surface area contributed by atoms with E-state index in [1.807, 2.05) is 6.07 Å². The highest BCUT2D eigenvalue weighted by Crippen LogP contribution is 2.28. The molecule has 0 bridgehead atoms. The molecule has 2 nitrogen and oxygen atoms in total. The van der Waals surface area contributed by atoms with Crippen LogP contribution in [0.1, 0.15) is 19.8 Å². The van der Waals surface area contributed by atoms with Crippen LogP contribution < -0.4 is 5.32 Å². The van der Waals surface area contributed by atoms with Crippen molar-refractivity contribution >= 4 is 37.5 Å². The molecule has 0 aliphatic carbocycles. The van der Waals surface area contributed by atoms with Gasteiger partial charge >= 0.3 is 0 Å². The third kappa shape index (κ3) is 3.22. The van der Waals surface area contributed by atoms with Crippen molar-refractivity contribution in [2.75, 3.05) is 11.9 Å². The topological polar surface area (TPSA) is 21.3 Å². The number of rotatable bonds is 2. The highest BCUT2D eigenvalue weighted by atomic mass is 79.9. The van der Waals surface area contributed by atoms with E-state index in [1.165, 1.54) is 0 Å². The summed E-state index contributed by atoms with van der Waals surface area (Å²) in [6.45, 7) is 2.98. The van der Waals surface area contributed by atoms with Crippen LogP contribution in [0.4, 0.5) is 5.69 Å². The van der Waals surface area contributed by atoms with E-state index in [9.17, 15) is 0 Å². The lowest BCUT2D eigenvalue weighted by Crippen LogP contribution is -2.32. The summed E-state index contributed by atoms with van der Waals surface area (Å²) in [5.74, 6) is 0. The number of hydrogen-bond donors (Lipinski definition) is 1. The molecule has 1 saturated heterocycles. The van der Waals surface area contributed by atoms with E-state index >= 15 is 0 Å². The molecular formula is C12H15Br2NO. The Hall–Kier alpha value is -0.0600. The minimum absolute atomic E-state index is 0.358.